The molecule has 0 aliphatic carbocycles. The van der Waals surface area contributed by atoms with Gasteiger partial charge in [-0.25, -0.2) is 9.97 Å². The number of carbonyl (C=O) groups excluding carboxylic acids is 1. The first kappa shape index (κ1) is 19.8. The summed E-state index contributed by atoms with van der Waals surface area (Å²) in [5, 5.41) is 4.03. The van der Waals surface area contributed by atoms with Gasteiger partial charge < -0.3 is 11.1 Å². The molecule has 1 amide bonds. The molecule has 0 aliphatic rings. The molecule has 3 rings (SSSR count). The molecule has 2 heterocycles. The van der Waals surface area contributed by atoms with E-state index in [4.69, 9.17) is 5.73 Å². The van der Waals surface area contributed by atoms with Crippen LogP contribution in [0.5, 0.6) is 0 Å². The van der Waals surface area contributed by atoms with E-state index in [-0.39, 0.29) is 11.7 Å². The van der Waals surface area contributed by atoms with Gasteiger partial charge in [-0.05, 0) is 43.7 Å². The van der Waals surface area contributed by atoms with Gasteiger partial charge in [-0.2, -0.15) is 8.78 Å². The van der Waals surface area contributed by atoms with E-state index >= 15 is 0 Å². The second kappa shape index (κ2) is 8.41. The Hall–Kier alpha value is -1.91. The smallest absolute Gasteiger partial charge is 0.288 e. The fourth-order valence-corrected chi connectivity index (χ4v) is 4.62. The molecule has 27 heavy (non-hydrogen) atoms. The third-order valence-electron chi connectivity index (χ3n) is 3.73. The maximum absolute atomic E-state index is 12.3. The number of nitrogen functional groups attached to an aromatic ring is 1. The fraction of sp³-hybridized carbons (Fsp3) is 0.235. The Balaban J connectivity index is 1.61. The number of anilines is 2. The average molecular weight is 427 g/mol. The van der Waals surface area contributed by atoms with Gasteiger partial charge in [-0.15, -0.1) is 11.3 Å². The summed E-state index contributed by atoms with van der Waals surface area (Å²) < 4.78 is 24.6. The van der Waals surface area contributed by atoms with E-state index in [0.29, 0.717) is 33.3 Å². The molecule has 0 saturated carbocycles. The normalized spacial score (nSPS) is 11.3. The van der Waals surface area contributed by atoms with E-state index in [9.17, 15) is 13.6 Å². The van der Waals surface area contributed by atoms with Crippen LogP contribution in [0.15, 0.2) is 34.3 Å². The van der Waals surface area contributed by atoms with E-state index in [0.717, 1.165) is 20.7 Å². The van der Waals surface area contributed by atoms with Crippen molar-refractivity contribution < 1.29 is 13.6 Å². The topological polar surface area (TPSA) is 80.9 Å². The lowest BCUT2D eigenvalue weighted by atomic mass is 10.2. The summed E-state index contributed by atoms with van der Waals surface area (Å²) in [5.41, 5.74) is 7.66. The number of nitrogens with one attached hydrogen (secondary N) is 1. The average Bonchev–Trinajstić information content (AvgIpc) is 2.89. The van der Waals surface area contributed by atoms with Gasteiger partial charge in [0.1, 0.15) is 10.6 Å². The molecule has 0 aliphatic heterocycles. The quantitative estimate of drug-likeness (QED) is 0.429. The lowest BCUT2D eigenvalue weighted by Crippen LogP contribution is -2.14. The van der Waals surface area contributed by atoms with Gasteiger partial charge in [0.2, 0.25) is 5.91 Å². The molecule has 0 unspecified atom stereocenters. The number of thioether (sulfide) groups is 2. The fourth-order valence-electron chi connectivity index (χ4n) is 2.37. The Morgan fingerprint density at radius 1 is 1.26 bits per heavy atom. The number of alkyl halides is 2. The predicted molar refractivity (Wildman–Crippen MR) is 109 cm³/mol. The molecular weight excluding hydrogens is 410 g/mol. The van der Waals surface area contributed by atoms with Crippen molar-refractivity contribution in [3.8, 4) is 0 Å². The zero-order valence-electron chi connectivity index (χ0n) is 14.5. The minimum atomic E-state index is -2.47. The maximum Gasteiger partial charge on any atom is 0.288 e. The number of halogens is 2. The first-order valence-electron chi connectivity index (χ1n) is 7.84. The molecule has 3 N–H and O–H groups in total. The number of nitrogens with two attached hydrogens (primary N) is 1. The molecule has 10 heteroatoms. The molecular formula is C17H16F2N4OS3. The van der Waals surface area contributed by atoms with Crippen LogP contribution in [0.2, 0.25) is 0 Å². The second-order valence-electron chi connectivity index (χ2n) is 5.59. The molecule has 0 spiro atoms. The largest absolute Gasteiger partial charge is 0.383 e. The summed E-state index contributed by atoms with van der Waals surface area (Å²) in [6.07, 6.45) is 0. The van der Waals surface area contributed by atoms with Crippen molar-refractivity contribution in [2.45, 2.75) is 29.7 Å². The number of aryl methyl sites for hydroxylation is 2. The number of aromatic nitrogens is 2. The zero-order chi connectivity index (χ0) is 19.6. The molecule has 1 aromatic carbocycles. The first-order chi connectivity index (χ1) is 12.8. The number of thiophene rings is 1. The highest BCUT2D eigenvalue weighted by molar-refractivity contribution is 8.00. The first-order valence-corrected chi connectivity index (χ1v) is 10.5. The standard InChI is InChI=1S/C17H16F2N4OS3/c1-8-9(2)26-15-13(8)14(20)22-17(23-15)25-7-12(24)21-10-3-5-11(6-4-10)27-16(18)19/h3-6,16H,7H2,1-2H3,(H,21,24)(H2,20,22,23). The van der Waals surface area contributed by atoms with Crippen molar-refractivity contribution in [3.63, 3.8) is 0 Å². The molecule has 142 valence electrons. The molecule has 0 saturated heterocycles. The van der Waals surface area contributed by atoms with Crippen LogP contribution in [0.4, 0.5) is 20.3 Å². The molecule has 0 fully saturated rings. The number of fused-ring (bicyclic) bond motifs is 1. The lowest BCUT2D eigenvalue weighted by molar-refractivity contribution is -0.113. The third-order valence-corrected chi connectivity index (χ3v) is 6.40. The number of carbonyl (C=O) groups is 1. The number of amides is 1. The lowest BCUT2D eigenvalue weighted by Gasteiger charge is -2.06. The van der Waals surface area contributed by atoms with Crippen molar-refractivity contribution in [1.82, 2.24) is 9.97 Å². The van der Waals surface area contributed by atoms with Gasteiger partial charge in [-0.1, -0.05) is 23.5 Å². The summed E-state index contributed by atoms with van der Waals surface area (Å²) in [5.74, 6) is -2.18. The van der Waals surface area contributed by atoms with Crippen LogP contribution >= 0.6 is 34.9 Å². The molecule has 0 atom stereocenters. The van der Waals surface area contributed by atoms with Crippen molar-refractivity contribution in [2.24, 2.45) is 0 Å². The summed E-state index contributed by atoms with van der Waals surface area (Å²) >= 11 is 3.20. The highest BCUT2D eigenvalue weighted by Gasteiger charge is 2.14. The minimum Gasteiger partial charge on any atom is -0.383 e. The zero-order valence-corrected chi connectivity index (χ0v) is 16.9. The van der Waals surface area contributed by atoms with Crippen LogP contribution in [0, 0.1) is 13.8 Å². The van der Waals surface area contributed by atoms with Crippen LogP contribution in [-0.2, 0) is 4.79 Å². The van der Waals surface area contributed by atoms with E-state index in [1.54, 1.807) is 35.6 Å². The van der Waals surface area contributed by atoms with Crippen LogP contribution in [0.3, 0.4) is 0 Å². The van der Waals surface area contributed by atoms with E-state index < -0.39 is 5.76 Å². The third kappa shape index (κ3) is 4.88. The molecule has 0 radical (unpaired) electrons. The van der Waals surface area contributed by atoms with Crippen LogP contribution < -0.4 is 11.1 Å². The molecule has 0 bridgehead atoms. The maximum atomic E-state index is 12.3. The number of nitrogens with zero attached hydrogens (tertiary/aromatic N) is 2. The Labute approximate surface area is 167 Å². The van der Waals surface area contributed by atoms with E-state index in [1.807, 2.05) is 13.8 Å². The second-order valence-corrected chi connectivity index (χ2v) is 8.80. The van der Waals surface area contributed by atoms with Gasteiger partial charge >= 0.3 is 0 Å². The summed E-state index contributed by atoms with van der Waals surface area (Å²) in [6.45, 7) is 3.99. The number of rotatable bonds is 6. The molecule has 2 aromatic heterocycles. The van der Waals surface area contributed by atoms with Gasteiger partial charge in [0, 0.05) is 15.5 Å². The van der Waals surface area contributed by atoms with E-state index in [2.05, 4.69) is 15.3 Å². The van der Waals surface area contributed by atoms with Gasteiger partial charge in [-0.3, -0.25) is 4.79 Å². The predicted octanol–water partition coefficient (Wildman–Crippen LogP) is 4.94. The van der Waals surface area contributed by atoms with Crippen molar-refractivity contribution in [3.05, 3.63) is 34.7 Å². The number of hydrogen-bond acceptors (Lipinski definition) is 7. The Morgan fingerprint density at radius 2 is 1.96 bits per heavy atom. The number of benzene rings is 1. The highest BCUT2D eigenvalue weighted by Crippen LogP contribution is 2.33. The van der Waals surface area contributed by atoms with Crippen LogP contribution in [0.1, 0.15) is 10.4 Å². The monoisotopic (exact) mass is 426 g/mol. The van der Waals surface area contributed by atoms with Gasteiger partial charge in [0.25, 0.3) is 5.76 Å². The van der Waals surface area contributed by atoms with Crippen molar-refractivity contribution in [2.75, 3.05) is 16.8 Å². The minimum absolute atomic E-state index is 0.113. The van der Waals surface area contributed by atoms with Crippen molar-refractivity contribution in [1.29, 1.82) is 0 Å². The van der Waals surface area contributed by atoms with Crippen LogP contribution in [-0.4, -0.2) is 27.4 Å². The number of hydrogen-bond donors (Lipinski definition) is 2. The van der Waals surface area contributed by atoms with Crippen LogP contribution in [0.25, 0.3) is 10.2 Å². The summed E-state index contributed by atoms with van der Waals surface area (Å²) in [7, 11) is 0. The SMILES string of the molecule is Cc1sc2nc(SCC(=O)Nc3ccc(SC(F)F)cc3)nc(N)c2c1C. The van der Waals surface area contributed by atoms with E-state index in [1.165, 1.54) is 11.8 Å². The Bertz CT molecular complexity index is 976. The highest BCUT2D eigenvalue weighted by atomic mass is 32.2. The van der Waals surface area contributed by atoms with Crippen molar-refractivity contribution >= 4 is 62.5 Å². The summed E-state index contributed by atoms with van der Waals surface area (Å²) in [4.78, 5) is 23.3. The molecule has 3 aromatic rings. The Kier molecular flexibility index (Phi) is 6.18. The Morgan fingerprint density at radius 3 is 2.63 bits per heavy atom. The van der Waals surface area contributed by atoms with Gasteiger partial charge in [0.15, 0.2) is 5.16 Å². The van der Waals surface area contributed by atoms with Gasteiger partial charge in [0.05, 0.1) is 11.1 Å². The molecule has 5 nitrogen and oxygen atoms in total. The summed E-state index contributed by atoms with van der Waals surface area (Å²) in [6, 6.07) is 6.26.